The molecule has 18 heavy (non-hydrogen) atoms. The number of fused-ring (bicyclic) bond motifs is 1. The van der Waals surface area contributed by atoms with Gasteiger partial charge < -0.3 is 5.11 Å². The molecule has 2 aromatic carbocycles. The molecule has 0 aromatic heterocycles. The highest BCUT2D eigenvalue weighted by Gasteiger charge is 2.10. The Balaban J connectivity index is 1.83. The van der Waals surface area contributed by atoms with Crippen molar-refractivity contribution < 1.29 is 5.11 Å². The Labute approximate surface area is 108 Å². The third kappa shape index (κ3) is 2.49. The van der Waals surface area contributed by atoms with Crippen molar-refractivity contribution in [3.8, 4) is 5.75 Å². The summed E-state index contributed by atoms with van der Waals surface area (Å²) in [7, 11) is 0. The standard InChI is InChI=1S/C16H19NO/c18-16-7-6-14-5-4-13(10-15(14)11-16)12-17-8-2-1-3-9-17/h4-7,10-11,18H,1-3,8-9,12H2. The summed E-state index contributed by atoms with van der Waals surface area (Å²) in [5, 5.41) is 11.9. The molecule has 1 heterocycles. The second-order valence-electron chi connectivity index (χ2n) is 5.20. The summed E-state index contributed by atoms with van der Waals surface area (Å²) in [6.07, 6.45) is 4.03. The van der Waals surface area contributed by atoms with Crippen LogP contribution in [-0.2, 0) is 6.54 Å². The molecule has 0 radical (unpaired) electrons. The van der Waals surface area contributed by atoms with E-state index in [0.29, 0.717) is 5.75 Å². The lowest BCUT2D eigenvalue weighted by Gasteiger charge is -2.26. The van der Waals surface area contributed by atoms with E-state index in [2.05, 4.69) is 23.1 Å². The summed E-state index contributed by atoms with van der Waals surface area (Å²) in [5.74, 6) is 0.345. The highest BCUT2D eigenvalue weighted by atomic mass is 16.3. The number of piperidine rings is 1. The maximum atomic E-state index is 9.53. The number of phenolic OH excluding ortho intramolecular Hbond substituents is 1. The lowest BCUT2D eigenvalue weighted by molar-refractivity contribution is 0.221. The Bertz CT molecular complexity index is 544. The topological polar surface area (TPSA) is 23.5 Å². The number of aromatic hydroxyl groups is 1. The van der Waals surface area contributed by atoms with Gasteiger partial charge in [-0.05, 0) is 60.5 Å². The summed E-state index contributed by atoms with van der Waals surface area (Å²) in [5.41, 5.74) is 1.34. The highest BCUT2D eigenvalue weighted by Crippen LogP contribution is 2.22. The minimum absolute atomic E-state index is 0.345. The van der Waals surface area contributed by atoms with E-state index in [1.165, 1.54) is 43.3 Å². The number of hydrogen-bond acceptors (Lipinski definition) is 2. The molecule has 3 rings (SSSR count). The van der Waals surface area contributed by atoms with Crippen molar-refractivity contribution in [1.29, 1.82) is 0 Å². The number of benzene rings is 2. The van der Waals surface area contributed by atoms with Crippen molar-refractivity contribution >= 4 is 10.8 Å². The van der Waals surface area contributed by atoms with Gasteiger partial charge in [-0.15, -0.1) is 0 Å². The number of nitrogens with zero attached hydrogens (tertiary/aromatic N) is 1. The van der Waals surface area contributed by atoms with Gasteiger partial charge in [0.2, 0.25) is 0 Å². The predicted molar refractivity (Wildman–Crippen MR) is 74.7 cm³/mol. The van der Waals surface area contributed by atoms with Crippen LogP contribution in [0.25, 0.3) is 10.8 Å². The zero-order chi connectivity index (χ0) is 12.4. The van der Waals surface area contributed by atoms with Crippen LogP contribution in [0.1, 0.15) is 24.8 Å². The molecule has 94 valence electrons. The average Bonchev–Trinajstić information content (AvgIpc) is 2.39. The molecule has 0 bridgehead atoms. The fraction of sp³-hybridized carbons (Fsp3) is 0.375. The molecule has 2 aromatic rings. The molecule has 0 amide bonds. The molecule has 2 nitrogen and oxygen atoms in total. The molecule has 1 saturated heterocycles. The van der Waals surface area contributed by atoms with E-state index in [1.807, 2.05) is 12.1 Å². The van der Waals surface area contributed by atoms with Crippen molar-refractivity contribution in [3.63, 3.8) is 0 Å². The van der Waals surface area contributed by atoms with E-state index in [9.17, 15) is 5.11 Å². The zero-order valence-corrected chi connectivity index (χ0v) is 10.6. The quantitative estimate of drug-likeness (QED) is 0.869. The molecule has 1 aliphatic rings. The Morgan fingerprint density at radius 3 is 2.50 bits per heavy atom. The van der Waals surface area contributed by atoms with Crippen LogP contribution in [-0.4, -0.2) is 23.1 Å². The van der Waals surface area contributed by atoms with E-state index >= 15 is 0 Å². The minimum atomic E-state index is 0.345. The van der Waals surface area contributed by atoms with E-state index in [0.717, 1.165) is 11.9 Å². The van der Waals surface area contributed by atoms with Crippen LogP contribution < -0.4 is 0 Å². The van der Waals surface area contributed by atoms with Crippen LogP contribution in [0.3, 0.4) is 0 Å². The zero-order valence-electron chi connectivity index (χ0n) is 10.6. The van der Waals surface area contributed by atoms with Crippen molar-refractivity contribution in [2.45, 2.75) is 25.8 Å². The number of hydrogen-bond donors (Lipinski definition) is 1. The SMILES string of the molecule is Oc1ccc2ccc(CN3CCCCC3)cc2c1. The van der Waals surface area contributed by atoms with Gasteiger partial charge in [0.1, 0.15) is 5.75 Å². The second-order valence-corrected chi connectivity index (χ2v) is 5.20. The van der Waals surface area contributed by atoms with E-state index in [1.54, 1.807) is 6.07 Å². The molecule has 1 N–H and O–H groups in total. The number of rotatable bonds is 2. The second kappa shape index (κ2) is 4.99. The van der Waals surface area contributed by atoms with Crippen LogP contribution in [0, 0.1) is 0 Å². The van der Waals surface area contributed by atoms with Crippen LogP contribution in [0.2, 0.25) is 0 Å². The van der Waals surface area contributed by atoms with Crippen molar-refractivity contribution in [2.24, 2.45) is 0 Å². The van der Waals surface area contributed by atoms with E-state index < -0.39 is 0 Å². The Hall–Kier alpha value is -1.54. The molecule has 0 aliphatic carbocycles. The van der Waals surface area contributed by atoms with Gasteiger partial charge in [0.15, 0.2) is 0 Å². The van der Waals surface area contributed by atoms with Crippen LogP contribution in [0.15, 0.2) is 36.4 Å². The molecular weight excluding hydrogens is 222 g/mol. The first-order valence-corrected chi connectivity index (χ1v) is 6.75. The fourth-order valence-electron chi connectivity index (χ4n) is 2.76. The lowest BCUT2D eigenvalue weighted by Crippen LogP contribution is -2.29. The average molecular weight is 241 g/mol. The van der Waals surface area contributed by atoms with Gasteiger partial charge in [-0.2, -0.15) is 0 Å². The first-order chi connectivity index (χ1) is 8.81. The molecule has 0 unspecified atom stereocenters. The fourth-order valence-corrected chi connectivity index (χ4v) is 2.76. The first-order valence-electron chi connectivity index (χ1n) is 6.75. The molecule has 1 fully saturated rings. The third-order valence-corrected chi connectivity index (χ3v) is 3.74. The normalized spacial score (nSPS) is 17.1. The van der Waals surface area contributed by atoms with Crippen molar-refractivity contribution in [1.82, 2.24) is 4.90 Å². The highest BCUT2D eigenvalue weighted by molar-refractivity contribution is 5.84. The summed E-state index contributed by atoms with van der Waals surface area (Å²) in [4.78, 5) is 2.52. The summed E-state index contributed by atoms with van der Waals surface area (Å²) in [6.45, 7) is 3.47. The van der Waals surface area contributed by atoms with Crippen LogP contribution in [0.4, 0.5) is 0 Å². The van der Waals surface area contributed by atoms with Gasteiger partial charge in [-0.3, -0.25) is 4.90 Å². The van der Waals surface area contributed by atoms with Crippen LogP contribution in [0.5, 0.6) is 5.75 Å². The maximum Gasteiger partial charge on any atom is 0.116 e. The van der Waals surface area contributed by atoms with Gasteiger partial charge in [0, 0.05) is 6.54 Å². The van der Waals surface area contributed by atoms with E-state index in [-0.39, 0.29) is 0 Å². The Kier molecular flexibility index (Phi) is 3.20. The van der Waals surface area contributed by atoms with Crippen molar-refractivity contribution in [3.05, 3.63) is 42.0 Å². The van der Waals surface area contributed by atoms with Crippen LogP contribution >= 0.6 is 0 Å². The summed E-state index contributed by atoms with van der Waals surface area (Å²) < 4.78 is 0. The van der Waals surface area contributed by atoms with Gasteiger partial charge >= 0.3 is 0 Å². The van der Waals surface area contributed by atoms with Gasteiger partial charge in [0.25, 0.3) is 0 Å². The predicted octanol–water partition coefficient (Wildman–Crippen LogP) is 3.53. The third-order valence-electron chi connectivity index (χ3n) is 3.74. The molecule has 1 aliphatic heterocycles. The molecule has 0 atom stereocenters. The smallest absolute Gasteiger partial charge is 0.116 e. The first kappa shape index (κ1) is 11.5. The maximum absolute atomic E-state index is 9.53. The van der Waals surface area contributed by atoms with Gasteiger partial charge in [-0.25, -0.2) is 0 Å². The molecule has 0 spiro atoms. The Morgan fingerprint density at radius 1 is 0.889 bits per heavy atom. The number of phenols is 1. The summed E-state index contributed by atoms with van der Waals surface area (Å²) in [6, 6.07) is 12.1. The van der Waals surface area contributed by atoms with E-state index in [4.69, 9.17) is 0 Å². The largest absolute Gasteiger partial charge is 0.508 e. The lowest BCUT2D eigenvalue weighted by atomic mass is 10.1. The van der Waals surface area contributed by atoms with Gasteiger partial charge in [0.05, 0.1) is 0 Å². The van der Waals surface area contributed by atoms with Crippen molar-refractivity contribution in [2.75, 3.05) is 13.1 Å². The summed E-state index contributed by atoms with van der Waals surface area (Å²) >= 11 is 0. The molecular formula is C16H19NO. The molecule has 0 saturated carbocycles. The number of likely N-dealkylation sites (tertiary alicyclic amines) is 1. The monoisotopic (exact) mass is 241 g/mol. The van der Waals surface area contributed by atoms with Gasteiger partial charge in [-0.1, -0.05) is 24.6 Å². The molecule has 2 heteroatoms. The Morgan fingerprint density at radius 2 is 1.67 bits per heavy atom. The minimum Gasteiger partial charge on any atom is -0.508 e.